The van der Waals surface area contributed by atoms with Crippen LogP contribution in [0.5, 0.6) is 0 Å². The van der Waals surface area contributed by atoms with Gasteiger partial charge < -0.3 is 5.32 Å². The molecule has 0 aliphatic heterocycles. The molecule has 0 saturated carbocycles. The lowest BCUT2D eigenvalue weighted by Crippen LogP contribution is -2.19. The fourth-order valence-electron chi connectivity index (χ4n) is 3.06. The molecule has 0 saturated heterocycles. The van der Waals surface area contributed by atoms with Crippen LogP contribution in [-0.2, 0) is 17.6 Å². The number of carbonyl (C=O) groups excluding carboxylic acids is 1. The largest absolute Gasteiger partial charge is 0.310 e. The summed E-state index contributed by atoms with van der Waals surface area (Å²) in [6.07, 6.45) is 1.59. The van der Waals surface area contributed by atoms with Crippen LogP contribution in [0.25, 0.3) is 16.5 Å². The minimum atomic E-state index is -0.258. The topological polar surface area (TPSA) is 92.7 Å². The van der Waals surface area contributed by atoms with E-state index in [2.05, 4.69) is 20.4 Å². The molecule has 1 aromatic carbocycles. The number of hydrogen-bond acceptors (Lipinski definition) is 5. The molecule has 0 unspecified atom stereocenters. The van der Waals surface area contributed by atoms with Crippen molar-refractivity contribution in [2.24, 2.45) is 0 Å². The molecule has 0 spiro atoms. The van der Waals surface area contributed by atoms with Crippen molar-refractivity contribution in [1.82, 2.24) is 19.7 Å². The van der Waals surface area contributed by atoms with Gasteiger partial charge in [0, 0.05) is 24.2 Å². The zero-order chi connectivity index (χ0) is 20.9. The minimum Gasteiger partial charge on any atom is -0.310 e. The predicted octanol–water partition coefficient (Wildman–Crippen LogP) is 3.82. The Morgan fingerprint density at radius 3 is 2.73 bits per heavy atom. The molecule has 0 bridgehead atoms. The average molecular weight is 420 g/mol. The van der Waals surface area contributed by atoms with Crippen LogP contribution in [0.15, 0.2) is 64.8 Å². The van der Waals surface area contributed by atoms with Crippen molar-refractivity contribution >= 4 is 23.1 Å². The summed E-state index contributed by atoms with van der Waals surface area (Å²) in [4.78, 5) is 32.8. The van der Waals surface area contributed by atoms with Gasteiger partial charge in [0.2, 0.25) is 11.9 Å². The van der Waals surface area contributed by atoms with E-state index < -0.39 is 0 Å². The smallest absolute Gasteiger partial charge is 0.252 e. The first-order chi connectivity index (χ1) is 14.6. The Morgan fingerprint density at radius 1 is 1.17 bits per heavy atom. The van der Waals surface area contributed by atoms with Gasteiger partial charge >= 0.3 is 0 Å². The van der Waals surface area contributed by atoms with E-state index in [1.807, 2.05) is 54.8 Å². The van der Waals surface area contributed by atoms with Crippen molar-refractivity contribution in [2.75, 3.05) is 5.32 Å². The zero-order valence-electron chi connectivity index (χ0n) is 16.5. The van der Waals surface area contributed by atoms with Crippen LogP contribution in [0, 0.1) is 0 Å². The first-order valence-electron chi connectivity index (χ1n) is 9.70. The number of amides is 1. The van der Waals surface area contributed by atoms with Crippen molar-refractivity contribution in [1.29, 1.82) is 0 Å². The third-order valence-electron chi connectivity index (χ3n) is 4.58. The molecule has 4 rings (SSSR count). The Balaban J connectivity index is 1.63. The van der Waals surface area contributed by atoms with Crippen LogP contribution in [0.1, 0.15) is 24.6 Å². The number of aromatic amines is 1. The Labute approximate surface area is 177 Å². The van der Waals surface area contributed by atoms with E-state index in [-0.39, 0.29) is 17.4 Å². The number of aromatic nitrogens is 4. The van der Waals surface area contributed by atoms with Crippen LogP contribution in [-0.4, -0.2) is 25.7 Å². The standard InChI is InChI=1S/C22H21N5O2S/c1-2-16-13-21(29)25-22(23-16)27-19(14-17(26-27)18-9-6-12-30-18)24-20(28)11-10-15-7-4-3-5-8-15/h3-9,12-14H,2,10-11H2,1H3,(H,24,28)(H,23,25,29). The number of H-pyrrole nitrogens is 1. The van der Waals surface area contributed by atoms with E-state index in [9.17, 15) is 9.59 Å². The molecular weight excluding hydrogens is 398 g/mol. The van der Waals surface area contributed by atoms with Crippen LogP contribution >= 0.6 is 11.3 Å². The summed E-state index contributed by atoms with van der Waals surface area (Å²) in [6.45, 7) is 1.93. The maximum absolute atomic E-state index is 12.6. The van der Waals surface area contributed by atoms with Gasteiger partial charge in [-0.2, -0.15) is 9.78 Å². The highest BCUT2D eigenvalue weighted by molar-refractivity contribution is 7.13. The molecule has 2 N–H and O–H groups in total. The first-order valence-corrected chi connectivity index (χ1v) is 10.6. The normalized spacial score (nSPS) is 10.8. The van der Waals surface area contributed by atoms with E-state index >= 15 is 0 Å². The van der Waals surface area contributed by atoms with Crippen molar-refractivity contribution < 1.29 is 4.79 Å². The molecule has 4 aromatic rings. The van der Waals surface area contributed by atoms with Gasteiger partial charge in [0.15, 0.2) is 0 Å². The maximum Gasteiger partial charge on any atom is 0.252 e. The lowest BCUT2D eigenvalue weighted by molar-refractivity contribution is -0.116. The maximum atomic E-state index is 12.6. The van der Waals surface area contributed by atoms with Gasteiger partial charge in [-0.05, 0) is 29.9 Å². The highest BCUT2D eigenvalue weighted by Gasteiger charge is 2.16. The quantitative estimate of drug-likeness (QED) is 0.476. The van der Waals surface area contributed by atoms with Crippen LogP contribution < -0.4 is 10.9 Å². The Kier molecular flexibility index (Phi) is 5.85. The number of rotatable bonds is 7. The van der Waals surface area contributed by atoms with Crippen LogP contribution in [0.3, 0.4) is 0 Å². The van der Waals surface area contributed by atoms with Crippen LogP contribution in [0.2, 0.25) is 0 Å². The number of hydrogen-bond donors (Lipinski definition) is 2. The molecule has 3 aromatic heterocycles. The number of carbonyl (C=O) groups is 1. The third kappa shape index (κ3) is 4.55. The first kappa shape index (κ1) is 19.8. The van der Waals surface area contributed by atoms with E-state index in [1.54, 1.807) is 17.4 Å². The molecule has 1 amide bonds. The summed E-state index contributed by atoms with van der Waals surface area (Å²) in [5, 5.41) is 9.48. The number of nitrogens with zero attached hydrogens (tertiary/aromatic N) is 3. The molecular formula is C22H21N5O2S. The van der Waals surface area contributed by atoms with Crippen LogP contribution in [0.4, 0.5) is 5.82 Å². The average Bonchev–Trinajstić information content (AvgIpc) is 3.42. The number of nitrogens with one attached hydrogen (secondary N) is 2. The molecule has 0 aliphatic carbocycles. The number of benzene rings is 1. The summed E-state index contributed by atoms with van der Waals surface area (Å²) < 4.78 is 1.48. The van der Waals surface area contributed by atoms with Gasteiger partial charge in [0.05, 0.1) is 4.88 Å². The van der Waals surface area contributed by atoms with Gasteiger partial charge in [-0.25, -0.2) is 4.98 Å². The van der Waals surface area contributed by atoms with Gasteiger partial charge in [-0.1, -0.05) is 43.3 Å². The molecule has 0 fully saturated rings. The summed E-state index contributed by atoms with van der Waals surface area (Å²) in [5.41, 5.74) is 2.20. The second-order valence-electron chi connectivity index (χ2n) is 6.75. The SMILES string of the molecule is CCc1cc(=O)[nH]c(-n2nc(-c3cccs3)cc2NC(=O)CCc2ccccc2)n1. The summed E-state index contributed by atoms with van der Waals surface area (Å²) in [6, 6.07) is 17.0. The van der Waals surface area contributed by atoms with E-state index in [0.29, 0.717) is 36.5 Å². The Hall–Kier alpha value is -3.52. The summed E-state index contributed by atoms with van der Waals surface area (Å²) in [5.74, 6) is 0.611. The van der Waals surface area contributed by atoms with Gasteiger partial charge in [0.1, 0.15) is 11.5 Å². The van der Waals surface area contributed by atoms with E-state index in [1.165, 1.54) is 10.7 Å². The number of anilines is 1. The van der Waals surface area contributed by atoms with Crippen molar-refractivity contribution in [3.05, 3.63) is 81.6 Å². The van der Waals surface area contributed by atoms with E-state index in [4.69, 9.17) is 0 Å². The van der Waals surface area contributed by atoms with Crippen molar-refractivity contribution in [2.45, 2.75) is 26.2 Å². The highest BCUT2D eigenvalue weighted by Crippen LogP contribution is 2.27. The fraction of sp³-hybridized carbons (Fsp3) is 0.182. The number of aryl methyl sites for hydroxylation is 2. The highest BCUT2D eigenvalue weighted by atomic mass is 32.1. The molecule has 0 atom stereocenters. The molecule has 152 valence electrons. The lowest BCUT2D eigenvalue weighted by atomic mass is 10.1. The van der Waals surface area contributed by atoms with Gasteiger partial charge in [-0.15, -0.1) is 11.3 Å². The molecule has 30 heavy (non-hydrogen) atoms. The zero-order valence-corrected chi connectivity index (χ0v) is 17.3. The van der Waals surface area contributed by atoms with Crippen molar-refractivity contribution in [3.63, 3.8) is 0 Å². The molecule has 3 heterocycles. The second-order valence-corrected chi connectivity index (χ2v) is 7.70. The van der Waals surface area contributed by atoms with Crippen molar-refractivity contribution in [3.8, 4) is 16.5 Å². The Morgan fingerprint density at radius 2 is 2.00 bits per heavy atom. The van der Waals surface area contributed by atoms with Gasteiger partial charge in [0.25, 0.3) is 5.56 Å². The summed E-state index contributed by atoms with van der Waals surface area (Å²) in [7, 11) is 0. The molecule has 0 aliphatic rings. The lowest BCUT2D eigenvalue weighted by Gasteiger charge is -2.09. The minimum absolute atomic E-state index is 0.133. The molecule has 7 nitrogen and oxygen atoms in total. The van der Waals surface area contributed by atoms with E-state index in [0.717, 1.165) is 10.4 Å². The number of thiophene rings is 1. The Bertz CT molecular complexity index is 1200. The summed E-state index contributed by atoms with van der Waals surface area (Å²) >= 11 is 1.55. The predicted molar refractivity (Wildman–Crippen MR) is 118 cm³/mol. The fourth-order valence-corrected chi connectivity index (χ4v) is 3.74. The molecule has 0 radical (unpaired) electrons. The van der Waals surface area contributed by atoms with Gasteiger partial charge in [-0.3, -0.25) is 14.6 Å². The second kappa shape index (κ2) is 8.87. The monoisotopic (exact) mass is 419 g/mol. The third-order valence-corrected chi connectivity index (χ3v) is 5.47. The molecule has 8 heteroatoms.